The summed E-state index contributed by atoms with van der Waals surface area (Å²) in [4.78, 5) is 0. The molecule has 1 nitrogen and oxygen atoms in total. The fourth-order valence-electron chi connectivity index (χ4n) is 4.44. The van der Waals surface area contributed by atoms with Gasteiger partial charge in [0, 0.05) is 0 Å². The number of allylic oxidation sites excluding steroid dienone is 4. The second-order valence-corrected chi connectivity index (χ2v) is 8.14. The Kier molecular flexibility index (Phi) is 4.28. The maximum Gasteiger partial charge on any atom is 0.0797 e. The lowest BCUT2D eigenvalue weighted by Crippen LogP contribution is -2.49. The third-order valence-corrected chi connectivity index (χ3v) is 6.78. The fraction of sp³-hybridized carbons (Fsp3) is 0.700. The molecule has 1 heteroatoms. The average Bonchev–Trinajstić information content (AvgIpc) is 2.44. The Morgan fingerprint density at radius 2 is 2.14 bits per heavy atom. The molecule has 21 heavy (non-hydrogen) atoms. The van der Waals surface area contributed by atoms with Crippen molar-refractivity contribution in [2.24, 2.45) is 22.7 Å². The largest absolute Gasteiger partial charge is 0.386 e. The van der Waals surface area contributed by atoms with Gasteiger partial charge in [-0.2, -0.15) is 0 Å². The molecule has 2 rings (SSSR count). The van der Waals surface area contributed by atoms with Crippen molar-refractivity contribution in [1.82, 2.24) is 0 Å². The SMILES string of the molecule is C=CC(C)(O)CC[C@@]1(C)[C@H](C)CC[C@@]2(C)C(C)=CC=C[C@H]12. The van der Waals surface area contributed by atoms with Crippen molar-refractivity contribution in [2.45, 2.75) is 65.9 Å². The first kappa shape index (κ1) is 16.5. The van der Waals surface area contributed by atoms with Crippen LogP contribution in [0.3, 0.4) is 0 Å². The number of fused-ring (bicyclic) bond motifs is 1. The summed E-state index contributed by atoms with van der Waals surface area (Å²) < 4.78 is 0. The zero-order chi connectivity index (χ0) is 15.9. The highest BCUT2D eigenvalue weighted by molar-refractivity contribution is 5.30. The molecule has 0 aromatic heterocycles. The molecule has 0 aromatic rings. The first-order chi connectivity index (χ1) is 9.66. The normalized spacial score (nSPS) is 41.9. The summed E-state index contributed by atoms with van der Waals surface area (Å²) in [5.74, 6) is 1.26. The molecule has 118 valence electrons. The molecular weight excluding hydrogens is 256 g/mol. The van der Waals surface area contributed by atoms with Crippen LogP contribution in [0.4, 0.5) is 0 Å². The zero-order valence-electron chi connectivity index (χ0n) is 14.4. The van der Waals surface area contributed by atoms with Crippen molar-refractivity contribution < 1.29 is 5.11 Å². The molecular formula is C20H32O. The molecule has 0 heterocycles. The van der Waals surface area contributed by atoms with Gasteiger partial charge in [0.15, 0.2) is 0 Å². The van der Waals surface area contributed by atoms with Gasteiger partial charge in [0.25, 0.3) is 0 Å². The summed E-state index contributed by atoms with van der Waals surface area (Å²) in [6, 6.07) is 0. The van der Waals surface area contributed by atoms with Gasteiger partial charge in [0.1, 0.15) is 0 Å². The lowest BCUT2D eigenvalue weighted by Gasteiger charge is -2.56. The van der Waals surface area contributed by atoms with Crippen LogP contribution in [0.25, 0.3) is 0 Å². The fourth-order valence-corrected chi connectivity index (χ4v) is 4.44. The van der Waals surface area contributed by atoms with Crippen LogP contribution in [0, 0.1) is 22.7 Å². The van der Waals surface area contributed by atoms with Gasteiger partial charge in [0.05, 0.1) is 5.60 Å². The zero-order valence-corrected chi connectivity index (χ0v) is 14.4. The summed E-state index contributed by atoms with van der Waals surface area (Å²) in [5.41, 5.74) is 1.30. The molecule has 0 spiro atoms. The molecule has 1 N–H and O–H groups in total. The number of aliphatic hydroxyl groups is 1. The van der Waals surface area contributed by atoms with E-state index in [9.17, 15) is 5.11 Å². The van der Waals surface area contributed by atoms with E-state index in [1.807, 2.05) is 6.92 Å². The topological polar surface area (TPSA) is 20.2 Å². The second-order valence-electron chi connectivity index (χ2n) is 8.14. The van der Waals surface area contributed by atoms with Gasteiger partial charge < -0.3 is 5.11 Å². The monoisotopic (exact) mass is 288 g/mol. The summed E-state index contributed by atoms with van der Waals surface area (Å²) in [6.45, 7) is 15.2. The molecule has 0 amide bonds. The molecule has 0 saturated heterocycles. The van der Waals surface area contributed by atoms with Gasteiger partial charge in [-0.25, -0.2) is 0 Å². The highest BCUT2D eigenvalue weighted by Gasteiger charge is 2.52. The van der Waals surface area contributed by atoms with Crippen LogP contribution in [0.1, 0.15) is 60.3 Å². The Morgan fingerprint density at radius 1 is 1.48 bits per heavy atom. The van der Waals surface area contributed by atoms with Gasteiger partial charge in [-0.15, -0.1) is 6.58 Å². The Labute approximate surface area is 130 Å². The lowest BCUT2D eigenvalue weighted by molar-refractivity contribution is -0.0271. The van der Waals surface area contributed by atoms with E-state index in [1.165, 1.54) is 18.4 Å². The minimum atomic E-state index is -0.750. The Morgan fingerprint density at radius 3 is 2.76 bits per heavy atom. The third kappa shape index (κ3) is 2.77. The van der Waals surface area contributed by atoms with Gasteiger partial charge >= 0.3 is 0 Å². The van der Waals surface area contributed by atoms with E-state index in [0.29, 0.717) is 11.8 Å². The molecule has 1 fully saturated rings. The highest BCUT2D eigenvalue weighted by Crippen LogP contribution is 2.60. The molecule has 5 atom stereocenters. The van der Waals surface area contributed by atoms with E-state index in [2.05, 4.69) is 52.5 Å². The number of hydrogen-bond acceptors (Lipinski definition) is 1. The first-order valence-electron chi connectivity index (χ1n) is 8.37. The molecule has 0 bridgehead atoms. The smallest absolute Gasteiger partial charge is 0.0797 e. The minimum Gasteiger partial charge on any atom is -0.386 e. The van der Waals surface area contributed by atoms with Crippen LogP contribution in [0.5, 0.6) is 0 Å². The Hall–Kier alpha value is -0.820. The quantitative estimate of drug-likeness (QED) is 0.698. The number of rotatable bonds is 4. The predicted molar refractivity (Wildman–Crippen MR) is 91.1 cm³/mol. The lowest BCUT2D eigenvalue weighted by atomic mass is 9.48. The Bertz CT molecular complexity index is 470. The van der Waals surface area contributed by atoms with E-state index in [0.717, 1.165) is 12.8 Å². The van der Waals surface area contributed by atoms with Crippen molar-refractivity contribution in [3.63, 3.8) is 0 Å². The van der Waals surface area contributed by atoms with Crippen molar-refractivity contribution in [2.75, 3.05) is 0 Å². The van der Waals surface area contributed by atoms with Crippen LogP contribution in [-0.4, -0.2) is 10.7 Å². The van der Waals surface area contributed by atoms with Crippen LogP contribution in [0.15, 0.2) is 36.5 Å². The van der Waals surface area contributed by atoms with Gasteiger partial charge in [0.2, 0.25) is 0 Å². The third-order valence-electron chi connectivity index (χ3n) is 6.78. The van der Waals surface area contributed by atoms with Crippen molar-refractivity contribution >= 4 is 0 Å². The predicted octanol–water partition coefficient (Wildman–Crippen LogP) is 5.28. The van der Waals surface area contributed by atoms with Crippen molar-refractivity contribution in [1.29, 1.82) is 0 Å². The minimum absolute atomic E-state index is 0.242. The summed E-state index contributed by atoms with van der Waals surface area (Å²) >= 11 is 0. The van der Waals surface area contributed by atoms with E-state index in [4.69, 9.17) is 0 Å². The van der Waals surface area contributed by atoms with E-state index < -0.39 is 5.60 Å². The molecule has 1 saturated carbocycles. The summed E-state index contributed by atoms with van der Waals surface area (Å²) in [6.07, 6.45) is 13.0. The molecule has 0 radical (unpaired) electrons. The maximum absolute atomic E-state index is 10.3. The molecule has 0 aliphatic heterocycles. The Balaban J connectivity index is 2.29. The van der Waals surface area contributed by atoms with Gasteiger partial charge in [-0.3, -0.25) is 0 Å². The maximum atomic E-state index is 10.3. The summed E-state index contributed by atoms with van der Waals surface area (Å²) in [5, 5.41) is 10.3. The van der Waals surface area contributed by atoms with E-state index >= 15 is 0 Å². The standard InChI is InChI=1S/C20H32O/c1-7-18(4,21)13-14-20(6)16(3)11-12-19(5)15(2)9-8-10-17(19)20/h7-10,16-17,21H,1,11-14H2,2-6H3/t16-,17+,18?,19+,20+/m1/s1. The molecule has 2 aliphatic carbocycles. The molecule has 2 aliphatic rings. The number of hydrogen-bond donors (Lipinski definition) is 1. The molecule has 1 unspecified atom stereocenters. The molecule has 0 aromatic carbocycles. The average molecular weight is 288 g/mol. The van der Waals surface area contributed by atoms with Crippen LogP contribution in [0.2, 0.25) is 0 Å². The van der Waals surface area contributed by atoms with E-state index in [1.54, 1.807) is 6.08 Å². The van der Waals surface area contributed by atoms with Crippen LogP contribution < -0.4 is 0 Å². The highest BCUT2D eigenvalue weighted by atomic mass is 16.3. The van der Waals surface area contributed by atoms with Gasteiger partial charge in [-0.05, 0) is 62.2 Å². The first-order valence-corrected chi connectivity index (χ1v) is 8.37. The van der Waals surface area contributed by atoms with Gasteiger partial charge in [-0.1, -0.05) is 50.6 Å². The van der Waals surface area contributed by atoms with Crippen LogP contribution in [-0.2, 0) is 0 Å². The van der Waals surface area contributed by atoms with Crippen LogP contribution >= 0.6 is 0 Å². The second kappa shape index (κ2) is 5.43. The summed E-state index contributed by atoms with van der Waals surface area (Å²) in [7, 11) is 0. The van der Waals surface area contributed by atoms with E-state index in [-0.39, 0.29) is 10.8 Å². The van der Waals surface area contributed by atoms with Crippen molar-refractivity contribution in [3.05, 3.63) is 36.5 Å². The van der Waals surface area contributed by atoms with Crippen molar-refractivity contribution in [3.8, 4) is 0 Å².